The predicted molar refractivity (Wildman–Crippen MR) is 67.1 cm³/mol. The zero-order valence-electron chi connectivity index (χ0n) is 11.4. The van der Waals surface area contributed by atoms with Gasteiger partial charge < -0.3 is 10.1 Å². The quantitative estimate of drug-likeness (QED) is 0.834. The number of methoxy groups -OCH3 is 1. The van der Waals surface area contributed by atoms with Gasteiger partial charge in [-0.2, -0.15) is 8.78 Å². The number of amides is 1. The number of pyridine rings is 1. The Hall–Kier alpha value is -2.05. The minimum atomic E-state index is -3.75. The van der Waals surface area contributed by atoms with Crippen molar-refractivity contribution >= 4 is 11.9 Å². The Kier molecular flexibility index (Phi) is 5.12. The summed E-state index contributed by atoms with van der Waals surface area (Å²) in [5, 5.41) is 2.08. The lowest BCUT2D eigenvalue weighted by Crippen LogP contribution is -2.44. The van der Waals surface area contributed by atoms with E-state index < -0.39 is 29.5 Å². The Labute approximate surface area is 115 Å². The molecule has 0 fully saturated rings. The molecule has 1 atom stereocenters. The van der Waals surface area contributed by atoms with Gasteiger partial charge in [0.1, 0.15) is 5.69 Å². The summed E-state index contributed by atoms with van der Waals surface area (Å²) in [5.74, 6) is -5.83. The highest BCUT2D eigenvalue weighted by molar-refractivity contribution is 5.85. The molecule has 20 heavy (non-hydrogen) atoms. The van der Waals surface area contributed by atoms with Gasteiger partial charge in [-0.15, -0.1) is 0 Å². The average molecular weight is 286 g/mol. The molecule has 1 aromatic heterocycles. The van der Waals surface area contributed by atoms with Crippen molar-refractivity contribution in [1.82, 2.24) is 10.3 Å². The second-order valence-electron chi connectivity index (χ2n) is 4.40. The van der Waals surface area contributed by atoms with Crippen molar-refractivity contribution in [2.24, 2.45) is 0 Å². The Morgan fingerprint density at radius 3 is 2.70 bits per heavy atom. The van der Waals surface area contributed by atoms with Crippen molar-refractivity contribution in [3.8, 4) is 0 Å². The molecule has 0 radical (unpaired) electrons. The van der Waals surface area contributed by atoms with E-state index in [1.165, 1.54) is 39.3 Å². The number of aromatic nitrogens is 1. The van der Waals surface area contributed by atoms with E-state index in [0.29, 0.717) is 0 Å². The number of hydrogen-bond acceptors (Lipinski definition) is 4. The van der Waals surface area contributed by atoms with E-state index in [1.807, 2.05) is 0 Å². The van der Waals surface area contributed by atoms with E-state index in [-0.39, 0.29) is 12.0 Å². The fraction of sp³-hybridized carbons (Fsp3) is 0.462. The third-order valence-corrected chi connectivity index (χ3v) is 2.67. The minimum absolute atomic E-state index is 0.181. The van der Waals surface area contributed by atoms with Crippen LogP contribution in [0.2, 0.25) is 0 Å². The van der Waals surface area contributed by atoms with Crippen LogP contribution in [0.4, 0.5) is 8.78 Å². The smallest absolute Gasteiger partial charge is 0.366 e. The maximum atomic E-state index is 14.0. The second kappa shape index (κ2) is 6.40. The van der Waals surface area contributed by atoms with Crippen molar-refractivity contribution < 1.29 is 23.1 Å². The van der Waals surface area contributed by atoms with Crippen molar-refractivity contribution in [3.63, 3.8) is 0 Å². The SMILES string of the molecule is COC(=O)C[C@@H](C)NC(=O)C(F)(F)c1ncccc1C. The maximum Gasteiger partial charge on any atom is 0.366 e. The van der Waals surface area contributed by atoms with E-state index >= 15 is 0 Å². The van der Waals surface area contributed by atoms with Gasteiger partial charge in [0.15, 0.2) is 0 Å². The van der Waals surface area contributed by atoms with E-state index in [2.05, 4.69) is 15.0 Å². The molecule has 7 heteroatoms. The predicted octanol–water partition coefficient (Wildman–Crippen LogP) is 1.55. The topological polar surface area (TPSA) is 68.3 Å². The Morgan fingerprint density at radius 1 is 1.50 bits per heavy atom. The number of alkyl halides is 2. The first kappa shape index (κ1) is 16.0. The summed E-state index contributed by atoms with van der Waals surface area (Å²) < 4.78 is 32.4. The lowest BCUT2D eigenvalue weighted by atomic mass is 10.1. The first-order valence-electron chi connectivity index (χ1n) is 5.96. The highest BCUT2D eigenvalue weighted by Gasteiger charge is 2.44. The summed E-state index contributed by atoms with van der Waals surface area (Å²) in [6.45, 7) is 2.89. The van der Waals surface area contributed by atoms with Crippen LogP contribution in [0.5, 0.6) is 0 Å². The van der Waals surface area contributed by atoms with Crippen molar-refractivity contribution in [2.45, 2.75) is 32.2 Å². The summed E-state index contributed by atoms with van der Waals surface area (Å²) >= 11 is 0. The minimum Gasteiger partial charge on any atom is -0.469 e. The zero-order chi connectivity index (χ0) is 15.3. The molecule has 1 N–H and O–H groups in total. The normalized spacial score (nSPS) is 12.7. The van der Waals surface area contributed by atoms with Crippen LogP contribution < -0.4 is 5.32 Å². The van der Waals surface area contributed by atoms with Crippen LogP contribution in [0.25, 0.3) is 0 Å². The molecule has 0 bridgehead atoms. The standard InChI is InChI=1S/C13H16F2N2O3/c1-8-5-4-6-16-11(8)13(14,15)12(19)17-9(2)7-10(18)20-3/h4-6,9H,7H2,1-3H3,(H,17,19)/t9-/m1/s1. The molecule has 1 rings (SSSR count). The number of hydrogen-bond donors (Lipinski definition) is 1. The molecule has 0 aliphatic carbocycles. The molecule has 0 aliphatic heterocycles. The lowest BCUT2D eigenvalue weighted by molar-refractivity contribution is -0.149. The van der Waals surface area contributed by atoms with E-state index in [4.69, 9.17) is 0 Å². The summed E-state index contributed by atoms with van der Waals surface area (Å²) in [7, 11) is 1.18. The number of aryl methyl sites for hydroxylation is 1. The molecule has 0 aliphatic rings. The van der Waals surface area contributed by atoms with Gasteiger partial charge in [0.25, 0.3) is 5.91 Å². The molecule has 0 unspecified atom stereocenters. The van der Waals surface area contributed by atoms with Crippen molar-refractivity contribution in [3.05, 3.63) is 29.6 Å². The van der Waals surface area contributed by atoms with Crippen LogP contribution in [0, 0.1) is 6.92 Å². The van der Waals surface area contributed by atoms with Crippen LogP contribution in [0.3, 0.4) is 0 Å². The maximum absolute atomic E-state index is 14.0. The number of nitrogens with one attached hydrogen (secondary N) is 1. The van der Waals surface area contributed by atoms with Gasteiger partial charge in [-0.3, -0.25) is 14.6 Å². The largest absolute Gasteiger partial charge is 0.469 e. The van der Waals surface area contributed by atoms with Gasteiger partial charge in [0.2, 0.25) is 0 Å². The molecule has 1 heterocycles. The number of carbonyl (C=O) groups is 2. The number of halogens is 2. The van der Waals surface area contributed by atoms with Gasteiger partial charge in [-0.25, -0.2) is 0 Å². The van der Waals surface area contributed by atoms with Crippen LogP contribution in [-0.2, 0) is 20.2 Å². The molecular weight excluding hydrogens is 270 g/mol. The van der Waals surface area contributed by atoms with Crippen LogP contribution >= 0.6 is 0 Å². The number of carbonyl (C=O) groups excluding carboxylic acids is 2. The Bertz CT molecular complexity index is 506. The Morgan fingerprint density at radius 2 is 2.15 bits per heavy atom. The van der Waals surface area contributed by atoms with Gasteiger partial charge in [-0.1, -0.05) is 6.07 Å². The van der Waals surface area contributed by atoms with Crippen molar-refractivity contribution in [2.75, 3.05) is 7.11 Å². The fourth-order valence-electron chi connectivity index (χ4n) is 1.62. The molecule has 5 nitrogen and oxygen atoms in total. The average Bonchev–Trinajstić information content (AvgIpc) is 2.38. The molecular formula is C13H16F2N2O3. The van der Waals surface area contributed by atoms with E-state index in [0.717, 1.165) is 0 Å². The van der Waals surface area contributed by atoms with Gasteiger partial charge in [0.05, 0.1) is 13.5 Å². The molecule has 1 aromatic rings. The molecule has 0 spiro atoms. The van der Waals surface area contributed by atoms with Crippen molar-refractivity contribution in [1.29, 1.82) is 0 Å². The summed E-state index contributed by atoms with van der Waals surface area (Å²) in [6.07, 6.45) is 1.01. The summed E-state index contributed by atoms with van der Waals surface area (Å²) in [5.41, 5.74) is -0.379. The number of nitrogens with zero attached hydrogens (tertiary/aromatic N) is 1. The highest BCUT2D eigenvalue weighted by Crippen LogP contribution is 2.28. The third-order valence-electron chi connectivity index (χ3n) is 2.67. The van der Waals surface area contributed by atoms with Crippen LogP contribution in [-0.4, -0.2) is 30.0 Å². The lowest BCUT2D eigenvalue weighted by Gasteiger charge is -2.20. The zero-order valence-corrected chi connectivity index (χ0v) is 11.4. The molecule has 110 valence electrons. The highest BCUT2D eigenvalue weighted by atomic mass is 19.3. The number of ether oxygens (including phenoxy) is 1. The van der Waals surface area contributed by atoms with Crippen LogP contribution in [0.1, 0.15) is 24.6 Å². The second-order valence-corrected chi connectivity index (χ2v) is 4.40. The first-order chi connectivity index (χ1) is 9.28. The summed E-state index contributed by atoms with van der Waals surface area (Å²) in [6, 6.07) is 2.19. The van der Waals surface area contributed by atoms with Gasteiger partial charge in [0, 0.05) is 12.2 Å². The van der Waals surface area contributed by atoms with Gasteiger partial charge >= 0.3 is 11.9 Å². The molecule has 0 aromatic carbocycles. The number of rotatable bonds is 5. The van der Waals surface area contributed by atoms with E-state index in [1.54, 1.807) is 0 Å². The molecule has 1 amide bonds. The third kappa shape index (κ3) is 3.72. The fourth-order valence-corrected chi connectivity index (χ4v) is 1.62. The van der Waals surface area contributed by atoms with E-state index in [9.17, 15) is 18.4 Å². The number of esters is 1. The molecule has 0 saturated carbocycles. The molecule has 0 saturated heterocycles. The summed E-state index contributed by atoms with van der Waals surface area (Å²) in [4.78, 5) is 26.2. The first-order valence-corrected chi connectivity index (χ1v) is 5.96. The Balaban J connectivity index is 2.80. The monoisotopic (exact) mass is 286 g/mol. The van der Waals surface area contributed by atoms with Crippen LogP contribution in [0.15, 0.2) is 18.3 Å². The van der Waals surface area contributed by atoms with Gasteiger partial charge in [-0.05, 0) is 25.5 Å².